The Morgan fingerprint density at radius 2 is 1.78 bits per heavy atom. The van der Waals surface area contributed by atoms with E-state index in [1.165, 1.54) is 0 Å². The summed E-state index contributed by atoms with van der Waals surface area (Å²) in [7, 11) is -1.41. The van der Waals surface area contributed by atoms with Crippen LogP contribution in [-0.4, -0.2) is 53.1 Å². The number of likely N-dealkylation sites (N-methyl/N-ethyl adjacent to an activating group) is 1. The maximum atomic E-state index is 13.1. The van der Waals surface area contributed by atoms with Gasteiger partial charge in [0.25, 0.3) is 0 Å². The lowest BCUT2D eigenvalue weighted by molar-refractivity contribution is 0.360. The molecule has 0 saturated carbocycles. The van der Waals surface area contributed by atoms with E-state index in [4.69, 9.17) is 0 Å². The van der Waals surface area contributed by atoms with Gasteiger partial charge in [0.2, 0.25) is 9.84 Å². The zero-order chi connectivity index (χ0) is 19.3. The second kappa shape index (κ2) is 8.76. The molecule has 0 amide bonds. The van der Waals surface area contributed by atoms with E-state index in [0.717, 1.165) is 51.3 Å². The second-order valence-electron chi connectivity index (χ2n) is 7.07. The van der Waals surface area contributed by atoms with Crippen LogP contribution in [0, 0.1) is 0 Å². The smallest absolute Gasteiger partial charge is 0.208 e. The molecule has 1 aliphatic heterocycles. The van der Waals surface area contributed by atoms with Gasteiger partial charge in [-0.25, -0.2) is 8.42 Å². The van der Waals surface area contributed by atoms with E-state index in [-0.39, 0.29) is 0 Å². The second-order valence-corrected chi connectivity index (χ2v) is 8.99. The molecule has 1 N–H and O–H groups in total. The summed E-state index contributed by atoms with van der Waals surface area (Å²) in [5, 5.41) is 3.33. The van der Waals surface area contributed by atoms with E-state index >= 15 is 0 Å². The highest BCUT2D eigenvalue weighted by Crippen LogP contribution is 2.32. The van der Waals surface area contributed by atoms with Crippen molar-refractivity contribution in [1.29, 1.82) is 0 Å². The van der Waals surface area contributed by atoms with E-state index < -0.39 is 9.84 Å². The van der Waals surface area contributed by atoms with Crippen LogP contribution in [0.2, 0.25) is 0 Å². The number of anilines is 2. The predicted octanol–water partition coefficient (Wildman–Crippen LogP) is 3.48. The van der Waals surface area contributed by atoms with Crippen LogP contribution in [0.1, 0.15) is 19.8 Å². The minimum Gasteiger partial charge on any atom is -0.384 e. The lowest BCUT2D eigenvalue weighted by Gasteiger charge is -2.24. The minimum absolute atomic E-state index is 0.327. The Morgan fingerprint density at radius 3 is 2.52 bits per heavy atom. The molecule has 0 radical (unpaired) electrons. The SMILES string of the molecule is CCCNc1cc(N2CCCN(C)CC2)ccc1S(=O)(=O)c1ccccc1. The molecular formula is C21H29N3O2S. The summed E-state index contributed by atoms with van der Waals surface area (Å²) in [4.78, 5) is 5.36. The molecule has 6 heteroatoms. The predicted molar refractivity (Wildman–Crippen MR) is 111 cm³/mol. The Bertz CT molecular complexity index is 853. The number of rotatable bonds is 6. The molecule has 0 aromatic heterocycles. The van der Waals surface area contributed by atoms with Gasteiger partial charge in [-0.05, 0) is 56.8 Å². The van der Waals surface area contributed by atoms with E-state index in [2.05, 4.69) is 29.1 Å². The topological polar surface area (TPSA) is 52.6 Å². The molecule has 1 aliphatic rings. The van der Waals surface area contributed by atoms with Gasteiger partial charge >= 0.3 is 0 Å². The Morgan fingerprint density at radius 1 is 1.00 bits per heavy atom. The van der Waals surface area contributed by atoms with Crippen molar-refractivity contribution in [2.75, 3.05) is 50.0 Å². The van der Waals surface area contributed by atoms with E-state index in [1.807, 2.05) is 18.2 Å². The van der Waals surface area contributed by atoms with E-state index in [0.29, 0.717) is 15.5 Å². The summed E-state index contributed by atoms with van der Waals surface area (Å²) in [5.74, 6) is 0. The van der Waals surface area contributed by atoms with Crippen LogP contribution in [0.25, 0.3) is 0 Å². The lowest BCUT2D eigenvalue weighted by atomic mass is 10.2. The Balaban J connectivity index is 1.97. The van der Waals surface area contributed by atoms with Crippen molar-refractivity contribution in [3.05, 3.63) is 48.5 Å². The van der Waals surface area contributed by atoms with Crippen LogP contribution in [0.15, 0.2) is 58.3 Å². The lowest BCUT2D eigenvalue weighted by Crippen LogP contribution is -2.28. The zero-order valence-electron chi connectivity index (χ0n) is 16.2. The zero-order valence-corrected chi connectivity index (χ0v) is 17.0. The fourth-order valence-electron chi connectivity index (χ4n) is 3.38. The number of nitrogens with one attached hydrogen (secondary N) is 1. The summed E-state index contributed by atoms with van der Waals surface area (Å²) in [6.07, 6.45) is 2.04. The highest BCUT2D eigenvalue weighted by molar-refractivity contribution is 7.91. The molecule has 1 fully saturated rings. The van der Waals surface area contributed by atoms with Crippen LogP contribution >= 0.6 is 0 Å². The number of hydrogen-bond donors (Lipinski definition) is 1. The maximum absolute atomic E-state index is 13.1. The van der Waals surface area contributed by atoms with Crippen molar-refractivity contribution in [3.63, 3.8) is 0 Å². The fourth-order valence-corrected chi connectivity index (χ4v) is 4.82. The van der Waals surface area contributed by atoms with Crippen molar-refractivity contribution >= 4 is 21.2 Å². The van der Waals surface area contributed by atoms with Gasteiger partial charge in [-0.2, -0.15) is 0 Å². The third-order valence-corrected chi connectivity index (χ3v) is 6.78. The normalized spacial score (nSPS) is 16.1. The molecule has 5 nitrogen and oxygen atoms in total. The molecule has 0 unspecified atom stereocenters. The van der Waals surface area contributed by atoms with Gasteiger partial charge < -0.3 is 15.1 Å². The average molecular weight is 388 g/mol. The molecule has 27 heavy (non-hydrogen) atoms. The van der Waals surface area contributed by atoms with Crippen molar-refractivity contribution in [3.8, 4) is 0 Å². The van der Waals surface area contributed by atoms with E-state index in [1.54, 1.807) is 30.3 Å². The summed E-state index contributed by atoms with van der Waals surface area (Å²) in [6.45, 7) is 6.87. The molecule has 1 saturated heterocycles. The van der Waals surface area contributed by atoms with Gasteiger partial charge in [-0.1, -0.05) is 25.1 Å². The number of nitrogens with zero attached hydrogens (tertiary/aromatic N) is 2. The highest BCUT2D eigenvalue weighted by atomic mass is 32.2. The van der Waals surface area contributed by atoms with Crippen LogP contribution in [0.3, 0.4) is 0 Å². The van der Waals surface area contributed by atoms with Gasteiger partial charge in [0, 0.05) is 31.9 Å². The van der Waals surface area contributed by atoms with Gasteiger partial charge in [-0.15, -0.1) is 0 Å². The third kappa shape index (κ3) is 4.62. The minimum atomic E-state index is -3.55. The van der Waals surface area contributed by atoms with Crippen LogP contribution in [-0.2, 0) is 9.84 Å². The molecule has 2 aromatic carbocycles. The van der Waals surface area contributed by atoms with Crippen molar-refractivity contribution in [2.24, 2.45) is 0 Å². The Kier molecular flexibility index (Phi) is 6.39. The van der Waals surface area contributed by atoms with Crippen molar-refractivity contribution in [2.45, 2.75) is 29.6 Å². The Hall–Kier alpha value is -2.05. The maximum Gasteiger partial charge on any atom is 0.208 e. The summed E-state index contributed by atoms with van der Waals surface area (Å²) in [6, 6.07) is 14.3. The first-order valence-corrected chi connectivity index (χ1v) is 11.1. The molecule has 3 rings (SSSR count). The van der Waals surface area contributed by atoms with Crippen LogP contribution < -0.4 is 10.2 Å². The first-order valence-electron chi connectivity index (χ1n) is 9.64. The summed E-state index contributed by atoms with van der Waals surface area (Å²) >= 11 is 0. The molecule has 1 heterocycles. The number of sulfone groups is 1. The largest absolute Gasteiger partial charge is 0.384 e. The molecule has 2 aromatic rings. The highest BCUT2D eigenvalue weighted by Gasteiger charge is 2.22. The molecular weight excluding hydrogens is 358 g/mol. The number of hydrogen-bond acceptors (Lipinski definition) is 5. The molecule has 0 atom stereocenters. The Labute approximate surface area is 162 Å². The molecule has 146 valence electrons. The number of benzene rings is 2. The fraction of sp³-hybridized carbons (Fsp3) is 0.429. The summed E-state index contributed by atoms with van der Waals surface area (Å²) in [5.41, 5.74) is 1.77. The summed E-state index contributed by atoms with van der Waals surface area (Å²) < 4.78 is 26.3. The van der Waals surface area contributed by atoms with E-state index in [9.17, 15) is 8.42 Å². The standard InChI is InChI=1S/C21H29N3O2S/c1-3-12-22-20-17-18(24-14-7-13-23(2)15-16-24)10-11-21(20)27(25,26)19-8-5-4-6-9-19/h4-6,8-11,17,22H,3,7,12-16H2,1-2H3. The first-order chi connectivity index (χ1) is 13.0. The van der Waals surface area contributed by atoms with Gasteiger partial charge in [-0.3, -0.25) is 0 Å². The van der Waals surface area contributed by atoms with Gasteiger partial charge in [0.1, 0.15) is 0 Å². The molecule has 0 spiro atoms. The first kappa shape index (κ1) is 19.7. The van der Waals surface area contributed by atoms with Crippen LogP contribution in [0.4, 0.5) is 11.4 Å². The monoisotopic (exact) mass is 387 g/mol. The van der Waals surface area contributed by atoms with Crippen molar-refractivity contribution in [1.82, 2.24) is 4.90 Å². The average Bonchev–Trinajstić information content (AvgIpc) is 2.91. The molecule has 0 aliphatic carbocycles. The van der Waals surface area contributed by atoms with Crippen LogP contribution in [0.5, 0.6) is 0 Å². The molecule has 0 bridgehead atoms. The van der Waals surface area contributed by atoms with Gasteiger partial charge in [0.05, 0.1) is 15.5 Å². The third-order valence-electron chi connectivity index (χ3n) is 4.96. The van der Waals surface area contributed by atoms with Gasteiger partial charge in [0.15, 0.2) is 0 Å². The quantitative estimate of drug-likeness (QED) is 0.822. The van der Waals surface area contributed by atoms with Crippen molar-refractivity contribution < 1.29 is 8.42 Å².